The van der Waals surface area contributed by atoms with Crippen LogP contribution in [0, 0.1) is 0 Å². The van der Waals surface area contributed by atoms with E-state index in [4.69, 9.17) is 15.2 Å². The number of ether oxygens (including phenoxy) is 2. The molecule has 0 spiro atoms. The van der Waals surface area contributed by atoms with E-state index in [9.17, 15) is 4.79 Å². The first-order valence-electron chi connectivity index (χ1n) is 8.17. The van der Waals surface area contributed by atoms with Crippen LogP contribution in [0.5, 0.6) is 11.5 Å². The van der Waals surface area contributed by atoms with Crippen LogP contribution in [0.3, 0.4) is 0 Å². The molecule has 2 aromatic rings. The lowest BCUT2D eigenvalue weighted by Crippen LogP contribution is -2.51. The summed E-state index contributed by atoms with van der Waals surface area (Å²) < 4.78 is 10.7. The van der Waals surface area contributed by atoms with E-state index in [1.807, 2.05) is 18.2 Å². The van der Waals surface area contributed by atoms with Gasteiger partial charge in [-0.2, -0.15) is 5.10 Å². The summed E-state index contributed by atoms with van der Waals surface area (Å²) in [6.07, 6.45) is 4.06. The van der Waals surface area contributed by atoms with E-state index in [2.05, 4.69) is 15.5 Å². The van der Waals surface area contributed by atoms with Crippen molar-refractivity contribution in [2.24, 2.45) is 5.73 Å². The van der Waals surface area contributed by atoms with Gasteiger partial charge in [0, 0.05) is 12.1 Å². The van der Waals surface area contributed by atoms with Gasteiger partial charge in [0.2, 0.25) is 6.79 Å². The van der Waals surface area contributed by atoms with Crippen molar-refractivity contribution in [2.45, 2.75) is 31.2 Å². The third kappa shape index (κ3) is 2.60. The molecule has 2 aliphatic rings. The Bertz CT molecular complexity index is 765. The predicted molar refractivity (Wildman–Crippen MR) is 87.9 cm³/mol. The number of aromatic amines is 1. The zero-order valence-electron chi connectivity index (χ0n) is 13.3. The lowest BCUT2D eigenvalue weighted by molar-refractivity contribution is 0.0898. The average molecular weight is 328 g/mol. The summed E-state index contributed by atoms with van der Waals surface area (Å²) >= 11 is 0. The molecule has 0 unspecified atom stereocenters. The van der Waals surface area contributed by atoms with Crippen LogP contribution in [0.25, 0.3) is 11.3 Å². The van der Waals surface area contributed by atoms with E-state index >= 15 is 0 Å². The lowest BCUT2D eigenvalue weighted by Gasteiger charge is -2.28. The second-order valence-corrected chi connectivity index (χ2v) is 6.38. The summed E-state index contributed by atoms with van der Waals surface area (Å²) in [5.41, 5.74) is 7.58. The molecule has 4 N–H and O–H groups in total. The highest BCUT2D eigenvalue weighted by molar-refractivity contribution is 5.94. The van der Waals surface area contributed by atoms with Crippen molar-refractivity contribution in [3.8, 4) is 22.8 Å². The highest BCUT2D eigenvalue weighted by Crippen LogP contribution is 2.35. The molecule has 1 aromatic heterocycles. The highest BCUT2D eigenvalue weighted by Gasteiger charge is 2.34. The number of nitrogens with one attached hydrogen (secondary N) is 2. The van der Waals surface area contributed by atoms with Crippen LogP contribution < -0.4 is 20.5 Å². The highest BCUT2D eigenvalue weighted by atomic mass is 16.7. The summed E-state index contributed by atoms with van der Waals surface area (Å²) in [5.74, 6) is 1.25. The third-order valence-electron chi connectivity index (χ3n) is 4.82. The Balaban J connectivity index is 1.53. The van der Waals surface area contributed by atoms with E-state index < -0.39 is 0 Å². The molecule has 1 saturated carbocycles. The van der Waals surface area contributed by atoms with Crippen LogP contribution in [-0.2, 0) is 0 Å². The molecule has 126 valence electrons. The van der Waals surface area contributed by atoms with Gasteiger partial charge in [0.05, 0.1) is 11.2 Å². The third-order valence-corrected chi connectivity index (χ3v) is 4.82. The molecule has 1 aliphatic carbocycles. The minimum Gasteiger partial charge on any atom is -0.454 e. The van der Waals surface area contributed by atoms with E-state index in [1.54, 1.807) is 6.07 Å². The Hall–Kier alpha value is -2.54. The fourth-order valence-corrected chi connectivity index (χ4v) is 3.38. The molecule has 1 amide bonds. The molecule has 0 radical (unpaired) electrons. The zero-order valence-corrected chi connectivity index (χ0v) is 13.3. The van der Waals surface area contributed by atoms with E-state index in [1.165, 1.54) is 0 Å². The monoisotopic (exact) mass is 328 g/mol. The molecule has 1 aromatic carbocycles. The number of aromatic nitrogens is 2. The number of carbonyl (C=O) groups is 1. The van der Waals surface area contributed by atoms with Gasteiger partial charge in [-0.15, -0.1) is 0 Å². The Labute approximate surface area is 139 Å². The molecule has 24 heavy (non-hydrogen) atoms. The van der Waals surface area contributed by atoms with E-state index in [-0.39, 0.29) is 18.2 Å². The summed E-state index contributed by atoms with van der Waals surface area (Å²) in [5, 5.41) is 10.1. The van der Waals surface area contributed by atoms with Gasteiger partial charge in [-0.1, -0.05) is 12.8 Å². The van der Waals surface area contributed by atoms with Crippen molar-refractivity contribution in [3.05, 3.63) is 30.0 Å². The minimum atomic E-state index is -0.277. The number of hydrogen-bond donors (Lipinski definition) is 3. The Morgan fingerprint density at radius 3 is 2.83 bits per heavy atom. The number of amides is 1. The van der Waals surface area contributed by atoms with Gasteiger partial charge in [-0.3, -0.25) is 9.89 Å². The van der Waals surface area contributed by atoms with Gasteiger partial charge in [0.15, 0.2) is 11.5 Å². The normalized spacial score (nSPS) is 17.9. The number of nitrogens with two attached hydrogens (primary N) is 1. The van der Waals surface area contributed by atoms with Gasteiger partial charge >= 0.3 is 0 Å². The summed E-state index contributed by atoms with van der Waals surface area (Å²) in [6, 6.07) is 7.34. The number of carbonyl (C=O) groups excluding carboxylic acids is 1. The van der Waals surface area contributed by atoms with Gasteiger partial charge < -0.3 is 20.5 Å². The zero-order chi connectivity index (χ0) is 16.6. The van der Waals surface area contributed by atoms with Crippen LogP contribution in [0.15, 0.2) is 24.3 Å². The number of benzene rings is 1. The average Bonchev–Trinajstić information content (AvgIpc) is 3.34. The Morgan fingerprint density at radius 2 is 2.04 bits per heavy atom. The van der Waals surface area contributed by atoms with Crippen molar-refractivity contribution in [3.63, 3.8) is 0 Å². The molecule has 2 heterocycles. The van der Waals surface area contributed by atoms with Crippen LogP contribution in [0.1, 0.15) is 36.2 Å². The van der Waals surface area contributed by atoms with Crippen LogP contribution in [0.4, 0.5) is 0 Å². The maximum absolute atomic E-state index is 12.5. The Kier molecular flexibility index (Phi) is 3.65. The topological polar surface area (TPSA) is 102 Å². The SMILES string of the molecule is NCC1(NC(=O)c2cc(-c3ccc4c(c3)OCO4)n[nH]2)CCCC1. The quantitative estimate of drug-likeness (QED) is 0.794. The molecule has 0 saturated heterocycles. The maximum Gasteiger partial charge on any atom is 0.269 e. The smallest absolute Gasteiger partial charge is 0.269 e. The molecular formula is C17H20N4O3. The fraction of sp³-hybridized carbons (Fsp3) is 0.412. The first-order chi connectivity index (χ1) is 11.7. The Morgan fingerprint density at radius 1 is 1.25 bits per heavy atom. The maximum atomic E-state index is 12.5. The molecule has 0 bridgehead atoms. The van der Waals surface area contributed by atoms with Crippen LogP contribution in [0.2, 0.25) is 0 Å². The van der Waals surface area contributed by atoms with Crippen LogP contribution in [-0.4, -0.2) is 35.0 Å². The standard InChI is InChI=1S/C17H20N4O3/c18-9-17(5-1-2-6-17)19-16(22)13-8-12(20-21-13)11-3-4-14-15(7-11)24-10-23-14/h3-4,7-8H,1-2,5-6,9-10,18H2,(H,19,22)(H,20,21). The van der Waals surface area contributed by atoms with Crippen molar-refractivity contribution in [1.29, 1.82) is 0 Å². The van der Waals surface area contributed by atoms with Crippen LogP contribution >= 0.6 is 0 Å². The van der Waals surface area contributed by atoms with Gasteiger partial charge in [-0.25, -0.2) is 0 Å². The lowest BCUT2D eigenvalue weighted by atomic mass is 9.97. The predicted octanol–water partition coefficient (Wildman–Crippen LogP) is 1.81. The molecule has 0 atom stereocenters. The van der Waals surface area contributed by atoms with Crippen molar-refractivity contribution in [2.75, 3.05) is 13.3 Å². The molecular weight excluding hydrogens is 308 g/mol. The number of H-pyrrole nitrogens is 1. The second-order valence-electron chi connectivity index (χ2n) is 6.38. The number of fused-ring (bicyclic) bond motifs is 1. The van der Waals surface area contributed by atoms with Gasteiger partial charge in [0.1, 0.15) is 5.69 Å². The molecule has 1 aliphatic heterocycles. The van der Waals surface area contributed by atoms with Gasteiger partial charge in [-0.05, 0) is 37.1 Å². The first-order valence-corrected chi connectivity index (χ1v) is 8.17. The van der Waals surface area contributed by atoms with Crippen molar-refractivity contribution in [1.82, 2.24) is 15.5 Å². The minimum absolute atomic E-state index is 0.165. The summed E-state index contributed by atoms with van der Waals surface area (Å²) in [4.78, 5) is 12.5. The van der Waals surface area contributed by atoms with E-state index in [0.29, 0.717) is 23.7 Å². The first kappa shape index (κ1) is 15.0. The molecule has 7 heteroatoms. The molecule has 1 fully saturated rings. The van der Waals surface area contributed by atoms with Crippen molar-refractivity contribution >= 4 is 5.91 Å². The van der Waals surface area contributed by atoms with Gasteiger partial charge in [0.25, 0.3) is 5.91 Å². The number of nitrogens with zero attached hydrogens (tertiary/aromatic N) is 1. The van der Waals surface area contributed by atoms with Crippen molar-refractivity contribution < 1.29 is 14.3 Å². The largest absolute Gasteiger partial charge is 0.454 e. The van der Waals surface area contributed by atoms with E-state index in [0.717, 1.165) is 37.0 Å². The number of hydrogen-bond acceptors (Lipinski definition) is 5. The summed E-state index contributed by atoms with van der Waals surface area (Å²) in [7, 11) is 0. The number of rotatable bonds is 4. The molecule has 4 rings (SSSR count). The fourth-order valence-electron chi connectivity index (χ4n) is 3.38. The molecule has 7 nitrogen and oxygen atoms in total. The summed E-state index contributed by atoms with van der Waals surface area (Å²) in [6.45, 7) is 0.691. The second kappa shape index (κ2) is 5.83.